The molecule has 0 radical (unpaired) electrons. The van der Waals surface area contributed by atoms with E-state index in [2.05, 4.69) is 45.8 Å². The third-order valence-corrected chi connectivity index (χ3v) is 6.16. The van der Waals surface area contributed by atoms with Crippen LogP contribution in [0.4, 0.5) is 5.69 Å². The molecule has 2 aromatic carbocycles. The summed E-state index contributed by atoms with van der Waals surface area (Å²) in [5, 5.41) is 1.14. The number of thioether (sulfide) groups is 1. The van der Waals surface area contributed by atoms with Crippen molar-refractivity contribution in [2.75, 3.05) is 4.90 Å². The number of aromatic nitrogens is 1. The third-order valence-electron chi connectivity index (χ3n) is 4.33. The molecule has 6 heteroatoms. The SMILES string of the molecule is CCn1cc(/C=C2\SC(=S)N(c3ccc(Br)cc3)C2=O)c2ccccc21. The lowest BCUT2D eigenvalue weighted by molar-refractivity contribution is -0.113. The largest absolute Gasteiger partial charge is 0.347 e. The number of carbonyl (C=O) groups is 1. The second-order valence-corrected chi connectivity index (χ2v) is 8.47. The number of hydrogen-bond donors (Lipinski definition) is 0. The summed E-state index contributed by atoms with van der Waals surface area (Å²) in [7, 11) is 0. The van der Waals surface area contributed by atoms with Gasteiger partial charge in [0, 0.05) is 33.7 Å². The molecular weight excluding hydrogens is 428 g/mol. The van der Waals surface area contributed by atoms with Gasteiger partial charge in [0.05, 0.1) is 10.6 Å². The summed E-state index contributed by atoms with van der Waals surface area (Å²) in [6.07, 6.45) is 4.05. The minimum absolute atomic E-state index is 0.0735. The second-order valence-electron chi connectivity index (χ2n) is 5.88. The first-order chi connectivity index (χ1) is 12.6. The fraction of sp³-hybridized carbons (Fsp3) is 0.100. The first-order valence-electron chi connectivity index (χ1n) is 8.20. The van der Waals surface area contributed by atoms with Gasteiger partial charge in [-0.3, -0.25) is 9.69 Å². The van der Waals surface area contributed by atoms with E-state index >= 15 is 0 Å². The zero-order valence-corrected chi connectivity index (χ0v) is 17.2. The number of thiocarbonyl (C=S) groups is 1. The molecule has 0 unspecified atom stereocenters. The molecule has 1 amide bonds. The highest BCUT2D eigenvalue weighted by atomic mass is 79.9. The van der Waals surface area contributed by atoms with Gasteiger partial charge in [0.1, 0.15) is 0 Å². The Hall–Kier alpha value is -1.89. The Kier molecular flexibility index (Phi) is 4.73. The van der Waals surface area contributed by atoms with E-state index < -0.39 is 0 Å². The van der Waals surface area contributed by atoms with E-state index in [1.807, 2.05) is 42.5 Å². The molecule has 0 N–H and O–H groups in total. The van der Waals surface area contributed by atoms with Gasteiger partial charge in [-0.2, -0.15) is 0 Å². The average molecular weight is 443 g/mol. The minimum atomic E-state index is -0.0735. The molecule has 1 aliphatic heterocycles. The fourth-order valence-electron chi connectivity index (χ4n) is 3.07. The topological polar surface area (TPSA) is 25.2 Å². The number of rotatable bonds is 3. The highest BCUT2D eigenvalue weighted by molar-refractivity contribution is 9.10. The summed E-state index contributed by atoms with van der Waals surface area (Å²) in [4.78, 5) is 15.2. The van der Waals surface area contributed by atoms with E-state index in [1.165, 1.54) is 17.3 Å². The predicted octanol–water partition coefficient (Wildman–Crippen LogP) is 5.83. The lowest BCUT2D eigenvalue weighted by Crippen LogP contribution is -2.27. The van der Waals surface area contributed by atoms with Crippen molar-refractivity contribution >= 4 is 72.8 Å². The summed E-state index contributed by atoms with van der Waals surface area (Å²) in [5.74, 6) is -0.0735. The number of amides is 1. The van der Waals surface area contributed by atoms with E-state index in [0.717, 1.165) is 27.7 Å². The molecule has 3 aromatic rings. The molecule has 0 spiro atoms. The Morgan fingerprint density at radius 1 is 1.15 bits per heavy atom. The van der Waals surface area contributed by atoms with Crippen LogP contribution < -0.4 is 4.90 Å². The monoisotopic (exact) mass is 442 g/mol. The van der Waals surface area contributed by atoms with Gasteiger partial charge < -0.3 is 4.57 Å². The molecule has 0 saturated carbocycles. The van der Waals surface area contributed by atoms with E-state index in [0.29, 0.717) is 9.23 Å². The number of anilines is 1. The molecule has 1 aliphatic rings. The Morgan fingerprint density at radius 3 is 2.62 bits per heavy atom. The Morgan fingerprint density at radius 2 is 1.88 bits per heavy atom. The first kappa shape index (κ1) is 17.5. The van der Waals surface area contributed by atoms with Gasteiger partial charge in [0.2, 0.25) is 0 Å². The zero-order valence-electron chi connectivity index (χ0n) is 14.0. The van der Waals surface area contributed by atoms with Gasteiger partial charge in [-0.1, -0.05) is 58.1 Å². The van der Waals surface area contributed by atoms with Crippen LogP contribution in [-0.4, -0.2) is 14.8 Å². The molecule has 0 bridgehead atoms. The molecule has 130 valence electrons. The van der Waals surface area contributed by atoms with Gasteiger partial charge in [0.15, 0.2) is 4.32 Å². The molecule has 4 rings (SSSR count). The van der Waals surface area contributed by atoms with Crippen LogP contribution in [0.1, 0.15) is 12.5 Å². The Bertz CT molecular complexity index is 1050. The van der Waals surface area contributed by atoms with Gasteiger partial charge in [-0.15, -0.1) is 0 Å². The van der Waals surface area contributed by atoms with Crippen LogP contribution in [0.5, 0.6) is 0 Å². The highest BCUT2D eigenvalue weighted by Gasteiger charge is 2.33. The molecule has 3 nitrogen and oxygen atoms in total. The van der Waals surface area contributed by atoms with E-state index in [9.17, 15) is 4.79 Å². The summed E-state index contributed by atoms with van der Waals surface area (Å²) >= 11 is 10.2. The minimum Gasteiger partial charge on any atom is -0.347 e. The van der Waals surface area contributed by atoms with Crippen LogP contribution in [0.3, 0.4) is 0 Å². The average Bonchev–Trinajstić information content (AvgIpc) is 3.14. The molecule has 0 aliphatic carbocycles. The maximum Gasteiger partial charge on any atom is 0.270 e. The first-order valence-corrected chi connectivity index (χ1v) is 10.2. The van der Waals surface area contributed by atoms with E-state index in [4.69, 9.17) is 12.2 Å². The summed E-state index contributed by atoms with van der Waals surface area (Å²) in [6.45, 7) is 3.00. The van der Waals surface area contributed by atoms with Crippen molar-refractivity contribution < 1.29 is 4.79 Å². The Labute approximate surface area is 169 Å². The fourth-order valence-corrected chi connectivity index (χ4v) is 4.63. The molecule has 1 saturated heterocycles. The number of para-hydroxylation sites is 1. The van der Waals surface area contributed by atoms with Crippen LogP contribution in [0.2, 0.25) is 0 Å². The maximum absolute atomic E-state index is 12.9. The van der Waals surface area contributed by atoms with Gasteiger partial charge in [-0.25, -0.2) is 0 Å². The maximum atomic E-state index is 12.9. The molecule has 26 heavy (non-hydrogen) atoms. The van der Waals surface area contributed by atoms with Crippen molar-refractivity contribution in [2.24, 2.45) is 0 Å². The Balaban J connectivity index is 1.74. The van der Waals surface area contributed by atoms with Crippen LogP contribution in [0, 0.1) is 0 Å². The normalized spacial score (nSPS) is 16.2. The molecule has 2 heterocycles. The second kappa shape index (κ2) is 7.02. The van der Waals surface area contributed by atoms with Crippen molar-refractivity contribution in [3.8, 4) is 0 Å². The zero-order chi connectivity index (χ0) is 18.3. The van der Waals surface area contributed by atoms with E-state index in [-0.39, 0.29) is 5.91 Å². The van der Waals surface area contributed by atoms with Gasteiger partial charge in [-0.05, 0) is 43.3 Å². The van der Waals surface area contributed by atoms with E-state index in [1.54, 1.807) is 4.90 Å². The van der Waals surface area contributed by atoms with Crippen LogP contribution in [-0.2, 0) is 11.3 Å². The van der Waals surface area contributed by atoms with Gasteiger partial charge in [0.25, 0.3) is 5.91 Å². The third kappa shape index (κ3) is 3.02. The molecule has 1 fully saturated rings. The highest BCUT2D eigenvalue weighted by Crippen LogP contribution is 2.37. The lowest BCUT2D eigenvalue weighted by atomic mass is 10.1. The van der Waals surface area contributed by atoms with Crippen molar-refractivity contribution in [3.63, 3.8) is 0 Å². The quantitative estimate of drug-likeness (QED) is 0.376. The smallest absolute Gasteiger partial charge is 0.270 e. The summed E-state index contributed by atoms with van der Waals surface area (Å²) < 4.78 is 3.72. The number of nitrogens with zero attached hydrogens (tertiary/aromatic N) is 2. The van der Waals surface area contributed by atoms with Gasteiger partial charge >= 0.3 is 0 Å². The number of aryl methyl sites for hydroxylation is 1. The predicted molar refractivity (Wildman–Crippen MR) is 117 cm³/mol. The number of fused-ring (bicyclic) bond motifs is 1. The van der Waals surface area contributed by atoms with Crippen molar-refractivity contribution in [2.45, 2.75) is 13.5 Å². The van der Waals surface area contributed by atoms with Crippen molar-refractivity contribution in [3.05, 3.63) is 69.7 Å². The van der Waals surface area contributed by atoms with Crippen LogP contribution in [0.15, 0.2) is 64.1 Å². The standard InChI is InChI=1S/C20H15BrN2OS2/c1-2-22-12-13(16-5-3-4-6-17(16)22)11-18-19(24)23(20(25)26-18)15-9-7-14(21)8-10-15/h3-12H,2H2,1H3/b18-11-. The van der Waals surface area contributed by atoms with Crippen molar-refractivity contribution in [1.29, 1.82) is 0 Å². The summed E-state index contributed by atoms with van der Waals surface area (Å²) in [6, 6.07) is 15.8. The number of carbonyl (C=O) groups excluding carboxylic acids is 1. The van der Waals surface area contributed by atoms with Crippen LogP contribution in [0.25, 0.3) is 17.0 Å². The van der Waals surface area contributed by atoms with Crippen LogP contribution >= 0.6 is 39.9 Å². The summed E-state index contributed by atoms with van der Waals surface area (Å²) in [5.41, 5.74) is 3.00. The number of benzene rings is 2. The molecule has 1 aromatic heterocycles. The molecular formula is C20H15BrN2OS2. The number of hydrogen-bond acceptors (Lipinski definition) is 3. The number of halogens is 1. The van der Waals surface area contributed by atoms with Crippen molar-refractivity contribution in [1.82, 2.24) is 4.57 Å². The molecule has 0 atom stereocenters. The lowest BCUT2D eigenvalue weighted by Gasteiger charge is -2.14.